The van der Waals surface area contributed by atoms with E-state index in [0.717, 1.165) is 12.0 Å². The number of nitrogens with two attached hydrogens (primary N) is 1. The van der Waals surface area contributed by atoms with Crippen LogP contribution < -0.4 is 10.5 Å². The van der Waals surface area contributed by atoms with Crippen molar-refractivity contribution < 1.29 is 9.84 Å². The summed E-state index contributed by atoms with van der Waals surface area (Å²) >= 11 is 0. The van der Waals surface area contributed by atoms with E-state index in [2.05, 4.69) is 39.0 Å². The number of para-hydroxylation sites is 1. The van der Waals surface area contributed by atoms with Gasteiger partial charge in [-0.25, -0.2) is 0 Å². The molecule has 0 spiro atoms. The van der Waals surface area contributed by atoms with Crippen molar-refractivity contribution in [3.8, 4) is 29.7 Å². The summed E-state index contributed by atoms with van der Waals surface area (Å²) in [7, 11) is 1.45. The van der Waals surface area contributed by atoms with Crippen LogP contribution >= 0.6 is 0 Å². The number of allylic oxidation sites excluding steroid dienone is 4. The molecule has 0 heterocycles. The SMILES string of the molecule is COc1cccc([C@@H]2[C@@H]3C[C@@H](C(C)(C)C)CC=C3C(C#N)=C(N)C2(C#N)C#N)c1O. The molecule has 3 rings (SSSR count). The highest BCUT2D eigenvalue weighted by Gasteiger charge is 2.55. The monoisotopic (exact) mass is 402 g/mol. The average Bonchev–Trinajstić information content (AvgIpc) is 2.72. The van der Waals surface area contributed by atoms with E-state index in [1.54, 1.807) is 18.2 Å². The van der Waals surface area contributed by atoms with E-state index in [1.807, 2.05) is 6.08 Å². The number of ether oxygens (including phenoxy) is 1. The van der Waals surface area contributed by atoms with Crippen molar-refractivity contribution in [2.75, 3.05) is 7.11 Å². The van der Waals surface area contributed by atoms with E-state index < -0.39 is 11.3 Å². The van der Waals surface area contributed by atoms with Gasteiger partial charge in [0, 0.05) is 11.5 Å². The molecule has 2 aliphatic carbocycles. The first-order valence-corrected chi connectivity index (χ1v) is 9.95. The van der Waals surface area contributed by atoms with Crippen LogP contribution in [-0.4, -0.2) is 12.2 Å². The molecule has 0 unspecified atom stereocenters. The zero-order valence-corrected chi connectivity index (χ0v) is 17.7. The van der Waals surface area contributed by atoms with E-state index in [4.69, 9.17) is 10.5 Å². The smallest absolute Gasteiger partial charge is 0.191 e. The maximum absolute atomic E-state index is 10.9. The predicted octanol–water partition coefficient (Wildman–Crippen LogP) is 4.27. The van der Waals surface area contributed by atoms with Gasteiger partial charge in [-0.3, -0.25) is 0 Å². The van der Waals surface area contributed by atoms with Gasteiger partial charge in [-0.2, -0.15) is 15.8 Å². The van der Waals surface area contributed by atoms with Gasteiger partial charge in [-0.1, -0.05) is 39.0 Å². The van der Waals surface area contributed by atoms with Crippen LogP contribution in [0.15, 0.2) is 41.1 Å². The summed E-state index contributed by atoms with van der Waals surface area (Å²) in [5.74, 6) is -0.584. The zero-order valence-electron chi connectivity index (χ0n) is 17.7. The molecule has 0 fully saturated rings. The number of phenolic OH excluding ortho intramolecular Hbond substituents is 1. The van der Waals surface area contributed by atoms with Crippen LogP contribution in [0.5, 0.6) is 11.5 Å². The summed E-state index contributed by atoms with van der Waals surface area (Å²) in [6.07, 6.45) is 3.50. The van der Waals surface area contributed by atoms with Crippen molar-refractivity contribution in [2.24, 2.45) is 28.4 Å². The van der Waals surface area contributed by atoms with Gasteiger partial charge in [-0.15, -0.1) is 0 Å². The quantitative estimate of drug-likeness (QED) is 0.760. The van der Waals surface area contributed by atoms with Gasteiger partial charge in [-0.05, 0) is 41.7 Å². The number of nitriles is 3. The summed E-state index contributed by atoms with van der Waals surface area (Å²) in [5, 5.41) is 41.1. The lowest BCUT2D eigenvalue weighted by Gasteiger charge is -2.47. The topological polar surface area (TPSA) is 127 Å². The molecule has 1 aromatic rings. The fraction of sp³-hybridized carbons (Fsp3) is 0.458. The number of hydrogen-bond acceptors (Lipinski definition) is 6. The number of benzene rings is 1. The van der Waals surface area contributed by atoms with E-state index in [1.165, 1.54) is 7.11 Å². The Morgan fingerprint density at radius 2 is 1.87 bits per heavy atom. The fourth-order valence-electron chi connectivity index (χ4n) is 4.90. The summed E-state index contributed by atoms with van der Waals surface area (Å²) < 4.78 is 5.27. The zero-order chi connectivity index (χ0) is 22.3. The molecule has 2 aliphatic rings. The van der Waals surface area contributed by atoms with Gasteiger partial charge >= 0.3 is 0 Å². The summed E-state index contributed by atoms with van der Waals surface area (Å²) in [6.45, 7) is 6.48. The maximum Gasteiger partial charge on any atom is 0.191 e. The number of hydrogen-bond donors (Lipinski definition) is 2. The van der Waals surface area contributed by atoms with Gasteiger partial charge in [0.15, 0.2) is 16.9 Å². The highest BCUT2D eigenvalue weighted by molar-refractivity contribution is 5.61. The molecule has 0 aromatic heterocycles. The number of nitrogens with zero attached hydrogens (tertiary/aromatic N) is 3. The molecule has 154 valence electrons. The Kier molecular flexibility index (Phi) is 5.27. The number of phenols is 1. The van der Waals surface area contributed by atoms with Crippen molar-refractivity contribution in [1.82, 2.24) is 0 Å². The molecule has 0 radical (unpaired) electrons. The summed E-state index contributed by atoms with van der Waals surface area (Å²) in [5.41, 5.74) is 5.94. The van der Waals surface area contributed by atoms with Crippen LogP contribution in [0.2, 0.25) is 0 Å². The minimum Gasteiger partial charge on any atom is -0.504 e. The van der Waals surface area contributed by atoms with E-state index in [0.29, 0.717) is 12.0 Å². The molecule has 1 aromatic carbocycles. The van der Waals surface area contributed by atoms with E-state index in [9.17, 15) is 20.9 Å². The molecule has 0 saturated heterocycles. The van der Waals surface area contributed by atoms with Crippen LogP contribution in [0.1, 0.15) is 45.1 Å². The lowest BCUT2D eigenvalue weighted by molar-refractivity contribution is 0.169. The van der Waals surface area contributed by atoms with Crippen LogP contribution in [-0.2, 0) is 0 Å². The fourth-order valence-corrected chi connectivity index (χ4v) is 4.90. The molecule has 0 bridgehead atoms. The lowest BCUT2D eigenvalue weighted by Crippen LogP contribution is -2.44. The molecule has 0 aliphatic heterocycles. The Hall–Kier alpha value is -3.43. The second kappa shape index (κ2) is 7.43. The van der Waals surface area contributed by atoms with Gasteiger partial charge < -0.3 is 15.6 Å². The highest BCUT2D eigenvalue weighted by Crippen LogP contribution is 2.59. The Bertz CT molecular complexity index is 1040. The molecule has 6 heteroatoms. The predicted molar refractivity (Wildman–Crippen MR) is 112 cm³/mol. The second-order valence-electron chi connectivity index (χ2n) is 9.11. The molecule has 30 heavy (non-hydrogen) atoms. The second-order valence-corrected chi connectivity index (χ2v) is 9.11. The molecule has 3 N–H and O–H groups in total. The number of aromatic hydroxyl groups is 1. The first-order chi connectivity index (χ1) is 14.2. The summed E-state index contributed by atoms with van der Waals surface area (Å²) in [4.78, 5) is 0. The Labute approximate surface area is 177 Å². The van der Waals surface area contributed by atoms with Crippen LogP contribution in [0.25, 0.3) is 0 Å². The third kappa shape index (κ3) is 2.99. The highest BCUT2D eigenvalue weighted by atomic mass is 16.5. The lowest BCUT2D eigenvalue weighted by atomic mass is 9.54. The van der Waals surface area contributed by atoms with E-state index in [-0.39, 0.29) is 40.0 Å². The number of methoxy groups -OCH3 is 1. The first-order valence-electron chi connectivity index (χ1n) is 9.95. The molecular weight excluding hydrogens is 376 g/mol. The number of rotatable bonds is 2. The largest absolute Gasteiger partial charge is 0.504 e. The average molecular weight is 402 g/mol. The summed E-state index contributed by atoms with van der Waals surface area (Å²) in [6, 6.07) is 11.4. The van der Waals surface area contributed by atoms with E-state index >= 15 is 0 Å². The van der Waals surface area contributed by atoms with Gasteiger partial charge in [0.25, 0.3) is 0 Å². The van der Waals surface area contributed by atoms with Gasteiger partial charge in [0.05, 0.1) is 30.5 Å². The molecule has 6 nitrogen and oxygen atoms in total. The number of fused-ring (bicyclic) bond motifs is 1. The van der Waals surface area contributed by atoms with Crippen molar-refractivity contribution in [3.63, 3.8) is 0 Å². The third-order valence-corrected chi connectivity index (χ3v) is 6.69. The third-order valence-electron chi connectivity index (χ3n) is 6.69. The molecule has 3 atom stereocenters. The maximum atomic E-state index is 10.9. The molecular formula is C24H26N4O2. The van der Waals surface area contributed by atoms with Crippen molar-refractivity contribution in [2.45, 2.75) is 39.5 Å². The Balaban J connectivity index is 2.35. The van der Waals surface area contributed by atoms with Crippen LogP contribution in [0.3, 0.4) is 0 Å². The van der Waals surface area contributed by atoms with Crippen LogP contribution in [0.4, 0.5) is 0 Å². The van der Waals surface area contributed by atoms with Crippen molar-refractivity contribution >= 4 is 0 Å². The van der Waals surface area contributed by atoms with Gasteiger partial charge in [0.2, 0.25) is 0 Å². The minimum absolute atomic E-state index is 0.00443. The molecule has 0 amide bonds. The Morgan fingerprint density at radius 3 is 2.40 bits per heavy atom. The normalized spacial score (nSPS) is 25.2. The van der Waals surface area contributed by atoms with Crippen molar-refractivity contribution in [3.05, 3.63) is 46.7 Å². The van der Waals surface area contributed by atoms with Crippen LogP contribution in [0, 0.1) is 56.7 Å². The Morgan fingerprint density at radius 1 is 1.20 bits per heavy atom. The van der Waals surface area contributed by atoms with Gasteiger partial charge in [0.1, 0.15) is 6.07 Å². The minimum atomic E-state index is -1.77. The standard InChI is InChI=1S/C24H26N4O2/c1-23(2,3)14-8-9-15-17(10-14)20(16-6-5-7-19(30-4)21(16)29)24(12-26,13-27)22(28)18(15)11-25/h5-7,9,14,17,20,29H,8,10,28H2,1-4H3/t14-,17+,20+/m0/s1. The van der Waals surface area contributed by atoms with Crippen molar-refractivity contribution in [1.29, 1.82) is 15.8 Å². The first kappa shape index (κ1) is 21.3. The molecule has 0 saturated carbocycles.